The van der Waals surface area contributed by atoms with Gasteiger partial charge >= 0.3 is 0 Å². The van der Waals surface area contributed by atoms with E-state index in [2.05, 4.69) is 25.5 Å². The third kappa shape index (κ3) is 3.62. The molecule has 4 heterocycles. The van der Waals surface area contributed by atoms with Gasteiger partial charge in [-0.2, -0.15) is 5.10 Å². The second-order valence-electron chi connectivity index (χ2n) is 6.75. The minimum Gasteiger partial charge on any atom is -0.313 e. The lowest BCUT2D eigenvalue weighted by Crippen LogP contribution is -2.06. The van der Waals surface area contributed by atoms with Crippen LogP contribution < -0.4 is 5.43 Å². The summed E-state index contributed by atoms with van der Waals surface area (Å²) in [6, 6.07) is 11.1. The van der Waals surface area contributed by atoms with Crippen LogP contribution >= 0.6 is 0 Å². The Kier molecular flexibility index (Phi) is 4.87. The van der Waals surface area contributed by atoms with E-state index >= 15 is 0 Å². The first-order valence-corrected chi connectivity index (χ1v) is 9.20. The molecule has 0 amide bonds. The normalized spacial score (nSPS) is 11.3. The van der Waals surface area contributed by atoms with Gasteiger partial charge in [-0.1, -0.05) is 6.07 Å². The van der Waals surface area contributed by atoms with E-state index in [0.29, 0.717) is 17.2 Å². The molecule has 144 valence electrons. The molecule has 7 heteroatoms. The van der Waals surface area contributed by atoms with Crippen molar-refractivity contribution >= 4 is 23.5 Å². The van der Waals surface area contributed by atoms with Crippen molar-refractivity contribution in [3.8, 4) is 0 Å². The Morgan fingerprint density at radius 1 is 1.07 bits per heavy atom. The number of fused-ring (bicyclic) bond motifs is 1. The van der Waals surface area contributed by atoms with Crippen molar-refractivity contribution in [1.29, 1.82) is 0 Å². The highest BCUT2D eigenvalue weighted by Crippen LogP contribution is 2.24. The fourth-order valence-electron chi connectivity index (χ4n) is 3.37. The number of carbonyl (C=O) groups is 1. The number of anilines is 1. The standard InChI is InChI=1S/C22H20N6O/c1-14-12-15(2)26-22(25-14)27-24-13-18-16(3)20(28-11-5-4-6-19(18)28)21(29)17-7-9-23-10-8-17/h4-13H,1-3H3,(H,25,26,27). The van der Waals surface area contributed by atoms with Gasteiger partial charge in [0.25, 0.3) is 0 Å². The summed E-state index contributed by atoms with van der Waals surface area (Å²) in [6.07, 6.45) is 6.83. The molecule has 1 N–H and O–H groups in total. The molecule has 29 heavy (non-hydrogen) atoms. The summed E-state index contributed by atoms with van der Waals surface area (Å²) in [4.78, 5) is 25.8. The maximum absolute atomic E-state index is 13.1. The van der Waals surface area contributed by atoms with Gasteiger partial charge in [-0.15, -0.1) is 0 Å². The third-order valence-corrected chi connectivity index (χ3v) is 4.63. The van der Waals surface area contributed by atoms with Crippen LogP contribution in [0.5, 0.6) is 0 Å². The van der Waals surface area contributed by atoms with Crippen LogP contribution in [-0.2, 0) is 0 Å². The quantitative estimate of drug-likeness (QED) is 0.322. The summed E-state index contributed by atoms with van der Waals surface area (Å²) >= 11 is 0. The van der Waals surface area contributed by atoms with E-state index in [1.165, 1.54) is 0 Å². The molecule has 4 rings (SSSR count). The topological polar surface area (TPSA) is 84.5 Å². The number of hydrogen-bond donors (Lipinski definition) is 1. The Bertz CT molecular complexity index is 1210. The van der Waals surface area contributed by atoms with Gasteiger partial charge < -0.3 is 4.40 Å². The van der Waals surface area contributed by atoms with Gasteiger partial charge in [0.05, 0.1) is 17.4 Å². The van der Waals surface area contributed by atoms with Crippen LogP contribution in [-0.4, -0.2) is 31.4 Å². The number of rotatable bonds is 5. The molecule has 0 fully saturated rings. The molecule has 0 unspecified atom stereocenters. The molecular weight excluding hydrogens is 364 g/mol. The van der Waals surface area contributed by atoms with E-state index in [-0.39, 0.29) is 5.78 Å². The summed E-state index contributed by atoms with van der Waals surface area (Å²) in [5.74, 6) is 0.379. The van der Waals surface area contributed by atoms with E-state index in [4.69, 9.17) is 0 Å². The van der Waals surface area contributed by atoms with Crippen LogP contribution in [0.2, 0.25) is 0 Å². The largest absolute Gasteiger partial charge is 0.313 e. The summed E-state index contributed by atoms with van der Waals surface area (Å²) in [7, 11) is 0. The zero-order chi connectivity index (χ0) is 20.4. The lowest BCUT2D eigenvalue weighted by molar-refractivity contribution is 0.103. The molecule has 0 aliphatic heterocycles. The van der Waals surface area contributed by atoms with Gasteiger partial charge in [0.1, 0.15) is 0 Å². The highest BCUT2D eigenvalue weighted by Gasteiger charge is 2.20. The maximum atomic E-state index is 13.1. The molecular formula is C22H20N6O. The lowest BCUT2D eigenvalue weighted by atomic mass is 10.1. The minimum absolute atomic E-state index is 0.0589. The molecule has 0 aromatic carbocycles. The van der Waals surface area contributed by atoms with Gasteiger partial charge in [-0.25, -0.2) is 15.4 Å². The Labute approximate surface area is 168 Å². The Morgan fingerprint density at radius 3 is 2.52 bits per heavy atom. The first-order valence-electron chi connectivity index (χ1n) is 9.20. The number of hydrogen-bond acceptors (Lipinski definition) is 6. The van der Waals surface area contributed by atoms with E-state index in [9.17, 15) is 4.79 Å². The molecule has 7 nitrogen and oxygen atoms in total. The van der Waals surface area contributed by atoms with Gasteiger partial charge in [-0.05, 0) is 56.7 Å². The summed E-state index contributed by atoms with van der Waals surface area (Å²) < 4.78 is 1.90. The number of aryl methyl sites for hydroxylation is 2. The lowest BCUT2D eigenvalue weighted by Gasteiger charge is -2.03. The van der Waals surface area contributed by atoms with E-state index < -0.39 is 0 Å². The second kappa shape index (κ2) is 7.63. The molecule has 0 saturated heterocycles. The molecule has 0 atom stereocenters. The SMILES string of the molecule is Cc1cc(C)nc(NN=Cc2c(C)c(C(=O)c3ccncc3)n3ccccc23)n1. The zero-order valence-corrected chi connectivity index (χ0v) is 16.4. The molecule has 0 saturated carbocycles. The van der Waals surface area contributed by atoms with Crippen LogP contribution in [0.4, 0.5) is 5.95 Å². The number of nitrogens with one attached hydrogen (secondary N) is 1. The van der Waals surface area contributed by atoms with Gasteiger partial charge in [0.15, 0.2) is 0 Å². The average molecular weight is 384 g/mol. The monoisotopic (exact) mass is 384 g/mol. The molecule has 0 aliphatic carbocycles. The smallest absolute Gasteiger partial charge is 0.243 e. The number of carbonyl (C=O) groups excluding carboxylic acids is 1. The number of pyridine rings is 2. The predicted molar refractivity (Wildman–Crippen MR) is 113 cm³/mol. The highest BCUT2D eigenvalue weighted by atomic mass is 16.1. The van der Waals surface area contributed by atoms with Gasteiger partial charge in [0, 0.05) is 41.1 Å². The van der Waals surface area contributed by atoms with Crippen molar-refractivity contribution in [3.05, 3.63) is 88.8 Å². The first-order chi connectivity index (χ1) is 14.0. The molecule has 4 aromatic rings. The fourth-order valence-corrected chi connectivity index (χ4v) is 3.37. The molecule has 0 aliphatic rings. The maximum Gasteiger partial charge on any atom is 0.243 e. The Hall–Kier alpha value is -3.87. The van der Waals surface area contributed by atoms with E-state index in [1.807, 2.05) is 55.6 Å². The number of nitrogens with zero attached hydrogens (tertiary/aromatic N) is 5. The van der Waals surface area contributed by atoms with Crippen molar-refractivity contribution < 1.29 is 4.79 Å². The molecule has 0 bridgehead atoms. The molecule has 4 aromatic heterocycles. The van der Waals surface area contributed by atoms with E-state index in [1.54, 1.807) is 30.7 Å². The van der Waals surface area contributed by atoms with Crippen molar-refractivity contribution in [2.45, 2.75) is 20.8 Å². The van der Waals surface area contributed by atoms with Crippen LogP contribution in [0.3, 0.4) is 0 Å². The predicted octanol–water partition coefficient (Wildman–Crippen LogP) is 3.73. The van der Waals surface area contributed by atoms with Crippen LogP contribution in [0.1, 0.15) is 38.6 Å². The summed E-state index contributed by atoms with van der Waals surface area (Å²) in [5.41, 5.74) is 8.43. The summed E-state index contributed by atoms with van der Waals surface area (Å²) in [5, 5.41) is 4.32. The number of aromatic nitrogens is 4. The van der Waals surface area contributed by atoms with Crippen LogP contribution in [0.15, 0.2) is 60.1 Å². The van der Waals surface area contributed by atoms with Crippen molar-refractivity contribution in [2.75, 3.05) is 5.43 Å². The molecule has 0 spiro atoms. The second-order valence-corrected chi connectivity index (χ2v) is 6.75. The fraction of sp³-hybridized carbons (Fsp3) is 0.136. The number of ketones is 1. The highest BCUT2D eigenvalue weighted by molar-refractivity contribution is 6.11. The van der Waals surface area contributed by atoms with Gasteiger partial charge in [0.2, 0.25) is 11.7 Å². The minimum atomic E-state index is -0.0589. The third-order valence-electron chi connectivity index (χ3n) is 4.63. The van der Waals surface area contributed by atoms with Crippen LogP contribution in [0, 0.1) is 20.8 Å². The number of hydrazone groups is 1. The summed E-state index contributed by atoms with van der Waals surface area (Å²) in [6.45, 7) is 5.74. The average Bonchev–Trinajstić information content (AvgIpc) is 2.99. The Balaban J connectivity index is 1.73. The van der Waals surface area contributed by atoms with Crippen molar-refractivity contribution in [2.24, 2.45) is 5.10 Å². The van der Waals surface area contributed by atoms with Crippen LogP contribution in [0.25, 0.3) is 5.52 Å². The zero-order valence-electron chi connectivity index (χ0n) is 16.4. The Morgan fingerprint density at radius 2 is 1.79 bits per heavy atom. The van der Waals surface area contributed by atoms with Gasteiger partial charge in [-0.3, -0.25) is 9.78 Å². The molecule has 0 radical (unpaired) electrons. The van der Waals surface area contributed by atoms with Crippen molar-refractivity contribution in [3.63, 3.8) is 0 Å². The van der Waals surface area contributed by atoms with Crippen molar-refractivity contribution in [1.82, 2.24) is 19.4 Å². The first kappa shape index (κ1) is 18.5. The van der Waals surface area contributed by atoms with E-state index in [0.717, 1.165) is 28.0 Å².